The molecule has 6 rings (SSSR count). The molecule has 0 radical (unpaired) electrons. The van der Waals surface area contributed by atoms with Crippen LogP contribution in [-0.4, -0.2) is 43.0 Å². The largest absolute Gasteiger partial charge is 0.378 e. The Morgan fingerprint density at radius 1 is 1.21 bits per heavy atom. The highest BCUT2D eigenvalue weighted by molar-refractivity contribution is 5.90. The molecule has 1 amide bonds. The molecule has 1 saturated heterocycles. The standard InChI is InChI=1S/C31H38FN3O3/c1-31-12-11-25-24-9-6-22(32)17-20(24)5-8-26(25)30(31)21(18-27(31)36)3-2-4-29(37)34-28-10-7-23(19-33-28)35-13-15-38-16-14-35/h6-7,9-10,17,19,21,25-26,30H,2-5,8,11-16,18H2,1H3,(H,33,34,37)/t21-,25?,26?,30?,31-/m1/s1. The van der Waals surface area contributed by atoms with Crippen LogP contribution in [0.1, 0.15) is 68.9 Å². The Kier molecular flexibility index (Phi) is 6.97. The molecule has 2 saturated carbocycles. The predicted octanol–water partition coefficient (Wildman–Crippen LogP) is 5.52. The number of aromatic nitrogens is 1. The third kappa shape index (κ3) is 4.74. The monoisotopic (exact) mass is 519 g/mol. The zero-order chi connectivity index (χ0) is 26.3. The first-order chi connectivity index (χ1) is 18.4. The van der Waals surface area contributed by atoms with E-state index in [2.05, 4.69) is 22.1 Å². The van der Waals surface area contributed by atoms with Crippen LogP contribution in [-0.2, 0) is 20.7 Å². The van der Waals surface area contributed by atoms with Gasteiger partial charge in [-0.3, -0.25) is 9.59 Å². The molecule has 2 heterocycles. The molecule has 0 spiro atoms. The highest BCUT2D eigenvalue weighted by Crippen LogP contribution is 2.62. The molecule has 7 heteroatoms. The lowest BCUT2D eigenvalue weighted by Gasteiger charge is -2.50. The number of hydrogen-bond acceptors (Lipinski definition) is 5. The third-order valence-corrected chi connectivity index (χ3v) is 9.90. The molecule has 1 aromatic heterocycles. The summed E-state index contributed by atoms with van der Waals surface area (Å²) in [6.07, 6.45) is 8.36. The van der Waals surface area contributed by atoms with Crippen LogP contribution >= 0.6 is 0 Å². The van der Waals surface area contributed by atoms with Crippen molar-refractivity contribution in [2.75, 3.05) is 36.5 Å². The van der Waals surface area contributed by atoms with Crippen molar-refractivity contribution in [2.45, 2.75) is 64.2 Å². The van der Waals surface area contributed by atoms with Crippen molar-refractivity contribution in [3.63, 3.8) is 0 Å². The summed E-state index contributed by atoms with van der Waals surface area (Å²) in [5.74, 6) is 2.35. The topological polar surface area (TPSA) is 71.5 Å². The number of fused-ring (bicyclic) bond motifs is 5. The highest BCUT2D eigenvalue weighted by Gasteiger charge is 2.58. The van der Waals surface area contributed by atoms with Crippen LogP contribution in [0.3, 0.4) is 0 Å². The van der Waals surface area contributed by atoms with Crippen LogP contribution in [0.4, 0.5) is 15.9 Å². The Labute approximate surface area is 224 Å². The summed E-state index contributed by atoms with van der Waals surface area (Å²) >= 11 is 0. The Balaban J connectivity index is 1.06. The molecule has 0 bridgehead atoms. The van der Waals surface area contributed by atoms with Crippen LogP contribution in [0.2, 0.25) is 0 Å². The van der Waals surface area contributed by atoms with Gasteiger partial charge in [0.15, 0.2) is 0 Å². The molecule has 3 unspecified atom stereocenters. The number of anilines is 2. The summed E-state index contributed by atoms with van der Waals surface area (Å²) in [7, 11) is 0. The number of pyridine rings is 1. The van der Waals surface area contributed by atoms with E-state index < -0.39 is 0 Å². The first-order valence-electron chi connectivity index (χ1n) is 14.3. The van der Waals surface area contributed by atoms with Gasteiger partial charge in [-0.25, -0.2) is 9.37 Å². The van der Waals surface area contributed by atoms with Crippen LogP contribution in [0.15, 0.2) is 36.5 Å². The van der Waals surface area contributed by atoms with E-state index in [4.69, 9.17) is 4.74 Å². The summed E-state index contributed by atoms with van der Waals surface area (Å²) in [4.78, 5) is 32.6. The summed E-state index contributed by atoms with van der Waals surface area (Å²) in [6.45, 7) is 5.34. The predicted molar refractivity (Wildman–Crippen MR) is 145 cm³/mol. The number of benzene rings is 1. The molecule has 5 atom stereocenters. The minimum absolute atomic E-state index is 0.0288. The van der Waals surface area contributed by atoms with Crippen molar-refractivity contribution in [3.8, 4) is 0 Å². The van der Waals surface area contributed by atoms with Crippen molar-refractivity contribution < 1.29 is 18.7 Å². The number of nitrogens with zero attached hydrogens (tertiary/aromatic N) is 2. The van der Waals surface area contributed by atoms with Crippen molar-refractivity contribution in [3.05, 3.63) is 53.5 Å². The van der Waals surface area contributed by atoms with E-state index in [1.54, 1.807) is 12.1 Å². The highest BCUT2D eigenvalue weighted by atomic mass is 19.1. The van der Waals surface area contributed by atoms with Crippen molar-refractivity contribution in [1.29, 1.82) is 0 Å². The van der Waals surface area contributed by atoms with E-state index in [0.29, 0.717) is 48.1 Å². The van der Waals surface area contributed by atoms with Gasteiger partial charge in [0.2, 0.25) is 5.91 Å². The number of rotatable bonds is 6. The van der Waals surface area contributed by atoms with E-state index in [-0.39, 0.29) is 17.1 Å². The van der Waals surface area contributed by atoms with Crippen molar-refractivity contribution in [1.82, 2.24) is 4.98 Å². The average Bonchev–Trinajstić information content (AvgIpc) is 3.18. The van der Waals surface area contributed by atoms with Gasteiger partial charge >= 0.3 is 0 Å². The molecule has 38 heavy (non-hydrogen) atoms. The Hall–Kier alpha value is -2.80. The first kappa shape index (κ1) is 25.5. The van der Waals surface area contributed by atoms with E-state index in [0.717, 1.165) is 76.1 Å². The number of carbonyl (C=O) groups excluding carboxylic acids is 2. The minimum Gasteiger partial charge on any atom is -0.378 e. The summed E-state index contributed by atoms with van der Waals surface area (Å²) < 4.78 is 19.3. The quantitative estimate of drug-likeness (QED) is 0.544. The van der Waals surface area contributed by atoms with Crippen molar-refractivity contribution >= 4 is 23.2 Å². The third-order valence-electron chi connectivity index (χ3n) is 9.90. The SMILES string of the molecule is C[C@]12CCC3c4ccc(F)cc4CCC3C1[C@H](CCCC(=O)Nc1ccc(N3CCOCC3)cn1)CC2=O. The number of morpholine rings is 1. The fraction of sp³-hybridized carbons (Fsp3) is 0.581. The number of ketones is 1. The number of amides is 1. The van der Waals surface area contributed by atoms with E-state index in [9.17, 15) is 14.0 Å². The number of Topliss-reactive ketones (excluding diaryl/α,β-unsaturated/α-hetero) is 1. The lowest BCUT2D eigenvalue weighted by molar-refractivity contribution is -0.129. The number of aryl methyl sites for hydroxylation is 1. The Bertz CT molecular complexity index is 1200. The second kappa shape index (κ2) is 10.4. The van der Waals surface area contributed by atoms with Gasteiger partial charge in [0, 0.05) is 31.3 Å². The lowest BCUT2D eigenvalue weighted by Crippen LogP contribution is -2.44. The average molecular weight is 520 g/mol. The van der Waals surface area contributed by atoms with Crippen LogP contribution in [0.25, 0.3) is 0 Å². The van der Waals surface area contributed by atoms with Gasteiger partial charge in [-0.2, -0.15) is 0 Å². The number of ether oxygens (including phenoxy) is 1. The van der Waals surface area contributed by atoms with Gasteiger partial charge in [0.25, 0.3) is 0 Å². The molecule has 4 aliphatic rings. The fourth-order valence-corrected chi connectivity index (χ4v) is 8.07. The van der Waals surface area contributed by atoms with Gasteiger partial charge in [0.1, 0.15) is 17.4 Å². The molecular formula is C31H38FN3O3. The maximum Gasteiger partial charge on any atom is 0.225 e. The van der Waals surface area contributed by atoms with Gasteiger partial charge in [-0.1, -0.05) is 13.0 Å². The van der Waals surface area contributed by atoms with E-state index in [1.807, 2.05) is 24.4 Å². The maximum atomic E-state index is 13.9. The Morgan fingerprint density at radius 3 is 2.84 bits per heavy atom. The lowest BCUT2D eigenvalue weighted by atomic mass is 9.54. The van der Waals surface area contributed by atoms with E-state index >= 15 is 0 Å². The zero-order valence-corrected chi connectivity index (χ0v) is 22.3. The van der Waals surface area contributed by atoms with Crippen LogP contribution < -0.4 is 10.2 Å². The zero-order valence-electron chi connectivity index (χ0n) is 22.3. The number of hydrogen-bond donors (Lipinski definition) is 1. The molecule has 202 valence electrons. The summed E-state index contributed by atoms with van der Waals surface area (Å²) in [6, 6.07) is 9.14. The summed E-state index contributed by atoms with van der Waals surface area (Å²) in [5.41, 5.74) is 3.24. The minimum atomic E-state index is -0.252. The van der Waals surface area contributed by atoms with Gasteiger partial charge < -0.3 is 15.0 Å². The van der Waals surface area contributed by atoms with Crippen LogP contribution in [0.5, 0.6) is 0 Å². The van der Waals surface area contributed by atoms with Gasteiger partial charge in [0.05, 0.1) is 25.1 Å². The number of halogens is 1. The molecule has 1 N–H and O–H groups in total. The second-order valence-corrected chi connectivity index (χ2v) is 12.0. The molecular weight excluding hydrogens is 481 g/mol. The van der Waals surface area contributed by atoms with Crippen LogP contribution in [0, 0.1) is 29.0 Å². The van der Waals surface area contributed by atoms with E-state index in [1.165, 1.54) is 5.56 Å². The van der Waals surface area contributed by atoms with Gasteiger partial charge in [-0.15, -0.1) is 0 Å². The first-order valence-corrected chi connectivity index (χ1v) is 14.3. The fourth-order valence-electron chi connectivity index (χ4n) is 8.07. The molecule has 6 nitrogen and oxygen atoms in total. The Morgan fingerprint density at radius 2 is 2.05 bits per heavy atom. The number of nitrogens with one attached hydrogen (secondary N) is 1. The summed E-state index contributed by atoms with van der Waals surface area (Å²) in [5, 5.41) is 2.94. The molecule has 2 aromatic rings. The smallest absolute Gasteiger partial charge is 0.225 e. The molecule has 1 aromatic carbocycles. The maximum absolute atomic E-state index is 13.9. The molecule has 1 aliphatic heterocycles. The normalized spacial score (nSPS) is 30.4. The molecule has 3 fully saturated rings. The second-order valence-electron chi connectivity index (χ2n) is 12.0. The molecule has 3 aliphatic carbocycles. The number of carbonyl (C=O) groups is 2. The van der Waals surface area contributed by atoms with Gasteiger partial charge in [-0.05, 0) is 97.6 Å². The van der Waals surface area contributed by atoms with Crippen molar-refractivity contribution in [2.24, 2.45) is 23.2 Å².